The lowest BCUT2D eigenvalue weighted by Gasteiger charge is -2.08. The second-order valence-electron chi connectivity index (χ2n) is 5.73. The van der Waals surface area contributed by atoms with E-state index < -0.39 is 5.78 Å². The number of para-hydroxylation sites is 1. The van der Waals surface area contributed by atoms with Crippen molar-refractivity contribution in [3.63, 3.8) is 0 Å². The van der Waals surface area contributed by atoms with Gasteiger partial charge >= 0.3 is 0 Å². The summed E-state index contributed by atoms with van der Waals surface area (Å²) >= 11 is 3.33. The molecule has 0 radical (unpaired) electrons. The number of fused-ring (bicyclic) bond motifs is 1. The number of alkyl halides is 1. The third-order valence-corrected chi connectivity index (χ3v) is 4.63. The number of hydrogen-bond acceptors (Lipinski definition) is 4. The van der Waals surface area contributed by atoms with Gasteiger partial charge in [-0.3, -0.25) is 9.59 Å². The fraction of sp³-hybridized carbons (Fsp3) is 0.0476. The summed E-state index contributed by atoms with van der Waals surface area (Å²) in [5.74, 6) is 0.780. The van der Waals surface area contributed by atoms with Crippen molar-refractivity contribution in [3.8, 4) is 11.5 Å². The van der Waals surface area contributed by atoms with Crippen molar-refractivity contribution < 1.29 is 13.6 Å². The Hall–Kier alpha value is -2.92. The van der Waals surface area contributed by atoms with Crippen molar-refractivity contribution in [1.82, 2.24) is 0 Å². The molecule has 4 nitrogen and oxygen atoms in total. The first kappa shape index (κ1) is 16.5. The Bertz CT molecular complexity index is 1160. The maximum atomic E-state index is 13.1. The highest BCUT2D eigenvalue weighted by Gasteiger charge is 2.25. The van der Waals surface area contributed by atoms with Crippen LogP contribution in [0.2, 0.25) is 0 Å². The smallest absolute Gasteiger partial charge is 0.204 e. The Balaban J connectivity index is 2.03. The zero-order valence-electron chi connectivity index (χ0n) is 13.6. The first-order valence-corrected chi connectivity index (χ1v) is 9.12. The van der Waals surface area contributed by atoms with Crippen molar-refractivity contribution in [1.29, 1.82) is 0 Å². The molecule has 0 spiro atoms. The van der Waals surface area contributed by atoms with Gasteiger partial charge in [-0.2, -0.15) is 0 Å². The maximum Gasteiger partial charge on any atom is 0.204 e. The Morgan fingerprint density at radius 3 is 2.35 bits per heavy atom. The number of halogens is 1. The summed E-state index contributed by atoms with van der Waals surface area (Å²) in [4.78, 5) is 26.2. The van der Waals surface area contributed by atoms with E-state index in [9.17, 15) is 9.59 Å². The minimum absolute atomic E-state index is 0.0228. The summed E-state index contributed by atoms with van der Waals surface area (Å²) in [7, 11) is 0. The van der Waals surface area contributed by atoms with Crippen LogP contribution in [0, 0.1) is 0 Å². The van der Waals surface area contributed by atoms with Crippen LogP contribution >= 0.6 is 15.9 Å². The van der Waals surface area contributed by atoms with Gasteiger partial charge in [0, 0.05) is 5.56 Å². The molecule has 0 N–H and O–H groups in total. The van der Waals surface area contributed by atoms with Crippen molar-refractivity contribution in [3.05, 3.63) is 93.8 Å². The van der Waals surface area contributed by atoms with Crippen molar-refractivity contribution in [2.24, 2.45) is 0 Å². The number of carbonyl (C=O) groups is 1. The molecular weight excluding hydrogens is 396 g/mol. The second kappa shape index (κ2) is 6.77. The van der Waals surface area contributed by atoms with E-state index in [-0.39, 0.29) is 16.8 Å². The van der Waals surface area contributed by atoms with Gasteiger partial charge in [0.1, 0.15) is 16.9 Å². The number of rotatable bonds is 4. The van der Waals surface area contributed by atoms with Crippen LogP contribution < -0.4 is 5.43 Å². The number of benzene rings is 2. The lowest BCUT2D eigenvalue weighted by atomic mass is 9.99. The zero-order chi connectivity index (χ0) is 18.1. The lowest BCUT2D eigenvalue weighted by Crippen LogP contribution is -2.17. The minimum atomic E-state index is -0.392. The summed E-state index contributed by atoms with van der Waals surface area (Å²) in [6.07, 6.45) is 0. The molecule has 0 unspecified atom stereocenters. The molecule has 0 saturated heterocycles. The second-order valence-corrected chi connectivity index (χ2v) is 6.29. The van der Waals surface area contributed by atoms with Gasteiger partial charge in [-0.15, -0.1) is 0 Å². The first-order chi connectivity index (χ1) is 12.7. The van der Waals surface area contributed by atoms with Crippen LogP contribution in [0.1, 0.15) is 21.7 Å². The Kier molecular flexibility index (Phi) is 4.31. The molecule has 4 aromatic rings. The maximum absolute atomic E-state index is 13.1. The predicted molar refractivity (Wildman–Crippen MR) is 103 cm³/mol. The van der Waals surface area contributed by atoms with Gasteiger partial charge in [-0.1, -0.05) is 58.4 Å². The normalized spacial score (nSPS) is 11.0. The molecule has 0 bridgehead atoms. The average molecular weight is 409 g/mol. The Morgan fingerprint density at radius 2 is 1.62 bits per heavy atom. The van der Waals surface area contributed by atoms with Gasteiger partial charge in [0.15, 0.2) is 11.5 Å². The van der Waals surface area contributed by atoms with Gasteiger partial charge in [0.05, 0.1) is 10.7 Å². The van der Waals surface area contributed by atoms with Gasteiger partial charge in [0.25, 0.3) is 0 Å². The van der Waals surface area contributed by atoms with Crippen LogP contribution in [0.25, 0.3) is 22.5 Å². The van der Waals surface area contributed by atoms with Crippen LogP contribution in [0.5, 0.6) is 0 Å². The zero-order valence-corrected chi connectivity index (χ0v) is 15.2. The van der Waals surface area contributed by atoms with Crippen molar-refractivity contribution in [2.45, 2.75) is 5.33 Å². The van der Waals surface area contributed by atoms with E-state index in [0.717, 1.165) is 0 Å². The molecule has 26 heavy (non-hydrogen) atoms. The highest BCUT2D eigenvalue weighted by molar-refractivity contribution is 9.08. The van der Waals surface area contributed by atoms with E-state index in [1.807, 2.05) is 6.07 Å². The molecule has 0 aliphatic carbocycles. The summed E-state index contributed by atoms with van der Waals surface area (Å²) in [5.41, 5.74) is 0.440. The predicted octanol–water partition coefficient (Wildman–Crippen LogP) is 5.18. The summed E-state index contributed by atoms with van der Waals surface area (Å²) < 4.78 is 11.6. The number of ketones is 1. The summed E-state index contributed by atoms with van der Waals surface area (Å²) in [5, 5.41) is 0.884. The molecule has 0 saturated carbocycles. The molecule has 0 amide bonds. The van der Waals surface area contributed by atoms with E-state index in [1.165, 1.54) is 0 Å². The fourth-order valence-corrected chi connectivity index (χ4v) is 3.13. The topological polar surface area (TPSA) is 60.4 Å². The SMILES string of the molecule is O=C(c1ccccc1)c1c(-c2ccc(CBr)o2)oc2ccccc2c1=O. The van der Waals surface area contributed by atoms with Gasteiger partial charge in [0.2, 0.25) is 11.2 Å². The standard InChI is InChI=1S/C21H13BrO4/c22-12-14-10-11-17(25-14)21-18(19(23)13-6-2-1-3-7-13)20(24)15-8-4-5-9-16(15)26-21/h1-11H,12H2. The largest absolute Gasteiger partial charge is 0.457 e. The molecule has 0 aliphatic rings. The highest BCUT2D eigenvalue weighted by atomic mass is 79.9. The Morgan fingerprint density at radius 1 is 0.885 bits per heavy atom. The molecule has 4 rings (SSSR count). The van der Waals surface area contributed by atoms with E-state index in [0.29, 0.717) is 33.4 Å². The first-order valence-electron chi connectivity index (χ1n) is 7.99. The van der Waals surface area contributed by atoms with E-state index in [2.05, 4.69) is 15.9 Å². The molecule has 0 fully saturated rings. The molecule has 0 aliphatic heterocycles. The quantitative estimate of drug-likeness (QED) is 0.344. The van der Waals surface area contributed by atoms with Gasteiger partial charge in [-0.05, 0) is 24.3 Å². The number of furan rings is 1. The number of carbonyl (C=O) groups excluding carboxylic acids is 1. The molecule has 128 valence electrons. The van der Waals surface area contributed by atoms with Gasteiger partial charge < -0.3 is 8.83 Å². The van der Waals surface area contributed by atoms with E-state index in [1.54, 1.807) is 60.7 Å². The lowest BCUT2D eigenvalue weighted by molar-refractivity contribution is 0.103. The summed E-state index contributed by atoms with van der Waals surface area (Å²) in [6, 6.07) is 19.0. The van der Waals surface area contributed by atoms with Crippen LogP contribution in [-0.4, -0.2) is 5.78 Å². The minimum Gasteiger partial charge on any atom is -0.457 e. The monoisotopic (exact) mass is 408 g/mol. The molecule has 0 atom stereocenters. The van der Waals surface area contributed by atoms with E-state index in [4.69, 9.17) is 8.83 Å². The number of hydrogen-bond donors (Lipinski definition) is 0. The molecule has 5 heteroatoms. The summed E-state index contributed by atoms with van der Waals surface area (Å²) in [6.45, 7) is 0. The Labute approximate surface area is 157 Å². The average Bonchev–Trinajstić information content (AvgIpc) is 3.17. The van der Waals surface area contributed by atoms with Crippen LogP contribution in [0.3, 0.4) is 0 Å². The van der Waals surface area contributed by atoms with E-state index >= 15 is 0 Å². The van der Waals surface area contributed by atoms with Crippen molar-refractivity contribution >= 4 is 32.7 Å². The molecule has 2 aromatic carbocycles. The fourth-order valence-electron chi connectivity index (χ4n) is 2.83. The van der Waals surface area contributed by atoms with Crippen LogP contribution in [0.4, 0.5) is 0 Å². The van der Waals surface area contributed by atoms with Crippen LogP contribution in [-0.2, 0) is 5.33 Å². The van der Waals surface area contributed by atoms with Crippen molar-refractivity contribution in [2.75, 3.05) is 0 Å². The highest BCUT2D eigenvalue weighted by Crippen LogP contribution is 2.29. The molecular formula is C21H13BrO4. The third-order valence-electron chi connectivity index (χ3n) is 4.08. The molecule has 2 aromatic heterocycles. The third kappa shape index (κ3) is 2.80. The van der Waals surface area contributed by atoms with Gasteiger partial charge in [-0.25, -0.2) is 0 Å². The molecule has 2 heterocycles. The van der Waals surface area contributed by atoms with Crippen LogP contribution in [0.15, 0.2) is 80.4 Å².